The third-order valence-corrected chi connectivity index (χ3v) is 4.33. The molecular formula is C18H15ClN2O. The van der Waals surface area contributed by atoms with Crippen molar-refractivity contribution in [3.63, 3.8) is 0 Å². The predicted molar refractivity (Wildman–Crippen MR) is 91.0 cm³/mol. The fourth-order valence-corrected chi connectivity index (χ4v) is 3.15. The first-order valence-corrected chi connectivity index (χ1v) is 7.52. The van der Waals surface area contributed by atoms with Crippen LogP contribution in [0.25, 0.3) is 21.8 Å². The highest BCUT2D eigenvalue weighted by molar-refractivity contribution is 6.35. The number of hydrogen-bond acceptors (Lipinski definition) is 1. The first-order chi connectivity index (χ1) is 10.7. The van der Waals surface area contributed by atoms with E-state index in [0.717, 1.165) is 33.6 Å². The van der Waals surface area contributed by atoms with Crippen LogP contribution >= 0.6 is 11.6 Å². The number of hydrogen-bond donors (Lipinski definition) is 2. The van der Waals surface area contributed by atoms with Crippen LogP contribution in [-0.2, 0) is 6.42 Å². The van der Waals surface area contributed by atoms with Crippen molar-refractivity contribution in [3.05, 3.63) is 64.9 Å². The second-order valence-electron chi connectivity index (χ2n) is 5.40. The molecule has 2 aromatic carbocycles. The summed E-state index contributed by atoms with van der Waals surface area (Å²) in [6.07, 6.45) is 2.86. The Labute approximate surface area is 132 Å². The van der Waals surface area contributed by atoms with Crippen LogP contribution in [0.4, 0.5) is 0 Å². The number of aromatic amines is 2. The molecule has 4 rings (SSSR count). The maximum Gasteiger partial charge on any atom is 0.119 e. The monoisotopic (exact) mass is 310 g/mol. The van der Waals surface area contributed by atoms with Gasteiger partial charge in [0.05, 0.1) is 17.6 Å². The standard InChI is InChI=1S/C18H15ClN2O/c1-22-14-5-6-17-11(9-14)7-13(21-17)8-12-10-20-18-15(12)3-2-4-16(18)19/h2-7,9-10,20-21H,8H2,1H3. The third kappa shape index (κ3) is 2.14. The molecule has 0 unspecified atom stereocenters. The van der Waals surface area contributed by atoms with Crippen LogP contribution in [0.5, 0.6) is 5.75 Å². The Hall–Kier alpha value is -2.39. The van der Waals surface area contributed by atoms with Crippen LogP contribution in [-0.4, -0.2) is 17.1 Å². The lowest BCUT2D eigenvalue weighted by molar-refractivity contribution is 0.415. The molecule has 0 bridgehead atoms. The molecule has 0 fully saturated rings. The lowest BCUT2D eigenvalue weighted by atomic mass is 10.1. The number of aromatic nitrogens is 2. The van der Waals surface area contributed by atoms with E-state index in [1.807, 2.05) is 36.5 Å². The molecule has 0 radical (unpaired) electrons. The highest BCUT2D eigenvalue weighted by Crippen LogP contribution is 2.28. The number of ether oxygens (including phenoxy) is 1. The van der Waals surface area contributed by atoms with E-state index in [-0.39, 0.29) is 0 Å². The highest BCUT2D eigenvalue weighted by Gasteiger charge is 2.09. The number of fused-ring (bicyclic) bond motifs is 2. The largest absolute Gasteiger partial charge is 0.497 e. The van der Waals surface area contributed by atoms with E-state index in [0.29, 0.717) is 0 Å². The van der Waals surface area contributed by atoms with Gasteiger partial charge >= 0.3 is 0 Å². The average molecular weight is 311 g/mol. The SMILES string of the molecule is COc1ccc2[nH]c(Cc3c[nH]c4c(Cl)cccc34)cc2c1. The number of halogens is 1. The molecule has 0 aliphatic rings. The van der Waals surface area contributed by atoms with Crippen molar-refractivity contribution in [2.75, 3.05) is 7.11 Å². The van der Waals surface area contributed by atoms with E-state index in [1.54, 1.807) is 7.11 Å². The molecule has 0 aliphatic carbocycles. The topological polar surface area (TPSA) is 40.8 Å². The van der Waals surface area contributed by atoms with Crippen LogP contribution in [0.3, 0.4) is 0 Å². The van der Waals surface area contributed by atoms with Crippen molar-refractivity contribution in [1.29, 1.82) is 0 Å². The van der Waals surface area contributed by atoms with Crippen molar-refractivity contribution in [1.82, 2.24) is 9.97 Å². The van der Waals surface area contributed by atoms with Crippen LogP contribution in [0.1, 0.15) is 11.3 Å². The van der Waals surface area contributed by atoms with E-state index < -0.39 is 0 Å². The van der Waals surface area contributed by atoms with Gasteiger partial charge in [0.1, 0.15) is 5.75 Å². The molecule has 22 heavy (non-hydrogen) atoms. The minimum Gasteiger partial charge on any atom is -0.497 e. The van der Waals surface area contributed by atoms with Gasteiger partial charge in [-0.1, -0.05) is 23.7 Å². The van der Waals surface area contributed by atoms with Gasteiger partial charge in [-0.05, 0) is 35.9 Å². The Balaban J connectivity index is 1.74. The van der Waals surface area contributed by atoms with E-state index in [9.17, 15) is 0 Å². The number of benzene rings is 2. The lowest BCUT2D eigenvalue weighted by Gasteiger charge is -1.98. The van der Waals surface area contributed by atoms with Crippen LogP contribution in [0.15, 0.2) is 48.7 Å². The molecule has 0 amide bonds. The third-order valence-electron chi connectivity index (χ3n) is 4.01. The van der Waals surface area contributed by atoms with Gasteiger partial charge in [0.25, 0.3) is 0 Å². The van der Waals surface area contributed by atoms with Gasteiger partial charge in [-0.25, -0.2) is 0 Å². The maximum absolute atomic E-state index is 6.22. The fourth-order valence-electron chi connectivity index (χ4n) is 2.92. The zero-order chi connectivity index (χ0) is 15.1. The zero-order valence-corrected chi connectivity index (χ0v) is 12.9. The molecule has 0 atom stereocenters. The van der Waals surface area contributed by atoms with Crippen molar-refractivity contribution in [2.45, 2.75) is 6.42 Å². The lowest BCUT2D eigenvalue weighted by Crippen LogP contribution is -1.86. The molecular weight excluding hydrogens is 296 g/mol. The minimum absolute atomic E-state index is 0.755. The number of rotatable bonds is 3. The number of methoxy groups -OCH3 is 1. The fraction of sp³-hybridized carbons (Fsp3) is 0.111. The molecule has 0 saturated heterocycles. The molecule has 4 heteroatoms. The average Bonchev–Trinajstić information content (AvgIpc) is 3.11. The Morgan fingerprint density at radius 1 is 1.14 bits per heavy atom. The summed E-state index contributed by atoms with van der Waals surface area (Å²) < 4.78 is 5.27. The van der Waals surface area contributed by atoms with Crippen LogP contribution < -0.4 is 4.74 Å². The number of nitrogens with one attached hydrogen (secondary N) is 2. The quantitative estimate of drug-likeness (QED) is 0.555. The molecule has 110 valence electrons. The van der Waals surface area contributed by atoms with E-state index in [2.05, 4.69) is 22.1 Å². The summed E-state index contributed by atoms with van der Waals surface area (Å²) in [5.74, 6) is 0.872. The van der Waals surface area contributed by atoms with Crippen LogP contribution in [0, 0.1) is 0 Å². The van der Waals surface area contributed by atoms with Gasteiger partial charge in [-0.15, -0.1) is 0 Å². The smallest absolute Gasteiger partial charge is 0.119 e. The molecule has 2 N–H and O–H groups in total. The van der Waals surface area contributed by atoms with E-state index in [1.165, 1.54) is 16.6 Å². The van der Waals surface area contributed by atoms with Gasteiger partial charge in [-0.3, -0.25) is 0 Å². The summed E-state index contributed by atoms with van der Waals surface area (Å²) in [6.45, 7) is 0. The van der Waals surface area contributed by atoms with Crippen molar-refractivity contribution in [2.24, 2.45) is 0 Å². The second-order valence-corrected chi connectivity index (χ2v) is 5.81. The van der Waals surface area contributed by atoms with Gasteiger partial charge in [0.2, 0.25) is 0 Å². The van der Waals surface area contributed by atoms with E-state index >= 15 is 0 Å². The molecule has 2 aromatic heterocycles. The number of H-pyrrole nitrogens is 2. The van der Waals surface area contributed by atoms with Gasteiger partial charge in [0, 0.05) is 34.6 Å². The summed E-state index contributed by atoms with van der Waals surface area (Å²) >= 11 is 6.22. The summed E-state index contributed by atoms with van der Waals surface area (Å²) in [4.78, 5) is 6.72. The molecule has 4 aromatic rings. The van der Waals surface area contributed by atoms with Crippen molar-refractivity contribution < 1.29 is 4.74 Å². The Morgan fingerprint density at radius 2 is 2.05 bits per heavy atom. The molecule has 2 heterocycles. The zero-order valence-electron chi connectivity index (χ0n) is 12.1. The van der Waals surface area contributed by atoms with Gasteiger partial charge < -0.3 is 14.7 Å². The first-order valence-electron chi connectivity index (χ1n) is 7.15. The number of para-hydroxylation sites is 1. The van der Waals surface area contributed by atoms with Crippen molar-refractivity contribution >= 4 is 33.4 Å². The predicted octanol–water partition coefficient (Wildman–Crippen LogP) is 4.90. The molecule has 3 nitrogen and oxygen atoms in total. The summed E-state index contributed by atoms with van der Waals surface area (Å²) in [6, 6.07) is 14.2. The Bertz CT molecular complexity index is 968. The summed E-state index contributed by atoms with van der Waals surface area (Å²) in [7, 11) is 1.68. The molecule has 0 spiro atoms. The summed E-state index contributed by atoms with van der Waals surface area (Å²) in [5.41, 5.74) is 4.52. The minimum atomic E-state index is 0.755. The summed E-state index contributed by atoms with van der Waals surface area (Å²) in [5, 5.41) is 3.08. The van der Waals surface area contributed by atoms with Gasteiger partial charge in [0.15, 0.2) is 0 Å². The van der Waals surface area contributed by atoms with E-state index in [4.69, 9.17) is 16.3 Å². The van der Waals surface area contributed by atoms with Crippen molar-refractivity contribution in [3.8, 4) is 5.75 Å². The molecule has 0 aliphatic heterocycles. The second kappa shape index (κ2) is 5.11. The Kier molecular flexibility index (Phi) is 3.09. The highest BCUT2D eigenvalue weighted by atomic mass is 35.5. The maximum atomic E-state index is 6.22. The first kappa shape index (κ1) is 13.3. The van der Waals surface area contributed by atoms with Gasteiger partial charge in [-0.2, -0.15) is 0 Å². The Morgan fingerprint density at radius 3 is 2.91 bits per heavy atom. The molecule has 0 saturated carbocycles. The van der Waals surface area contributed by atoms with Crippen LogP contribution in [0.2, 0.25) is 5.02 Å². The normalized spacial score (nSPS) is 11.4.